The molecule has 2 aromatic carbocycles. The van der Waals surface area contributed by atoms with Gasteiger partial charge in [0.25, 0.3) is 0 Å². The third-order valence-electron chi connectivity index (χ3n) is 7.19. The van der Waals surface area contributed by atoms with Crippen LogP contribution in [0.4, 0.5) is 0 Å². The van der Waals surface area contributed by atoms with Crippen LogP contribution in [0.25, 0.3) is 33.7 Å². The number of H-pyrrole nitrogens is 2. The summed E-state index contributed by atoms with van der Waals surface area (Å²) in [5, 5.41) is 24.4. The summed E-state index contributed by atoms with van der Waals surface area (Å²) in [5.74, 6) is 2.02. The number of imidazole rings is 1. The second-order valence-corrected chi connectivity index (χ2v) is 10.9. The number of aliphatic hydroxyl groups excluding tert-OH is 1. The highest BCUT2D eigenvalue weighted by Gasteiger charge is 2.15. The van der Waals surface area contributed by atoms with Crippen molar-refractivity contribution in [2.24, 2.45) is 5.92 Å². The summed E-state index contributed by atoms with van der Waals surface area (Å²) in [7, 11) is 0. The first kappa shape index (κ1) is 30.1. The normalized spacial score (nSPS) is 13.2. The summed E-state index contributed by atoms with van der Waals surface area (Å²) in [4.78, 5) is 12.1. The van der Waals surface area contributed by atoms with Gasteiger partial charge in [0.2, 0.25) is 5.82 Å². The molecule has 41 heavy (non-hydrogen) atoms. The maximum Gasteiger partial charge on any atom is 0.205 e. The van der Waals surface area contributed by atoms with E-state index < -0.39 is 0 Å². The molecule has 3 aromatic heterocycles. The molecule has 6 rings (SSSR count). The first-order valence-corrected chi connectivity index (χ1v) is 14.8. The van der Waals surface area contributed by atoms with Crippen molar-refractivity contribution in [1.82, 2.24) is 35.6 Å². The highest BCUT2D eigenvalue weighted by Crippen LogP contribution is 2.32. The lowest BCUT2D eigenvalue weighted by Crippen LogP contribution is -2.14. The van der Waals surface area contributed by atoms with Crippen LogP contribution in [-0.2, 0) is 19.3 Å². The van der Waals surface area contributed by atoms with E-state index in [4.69, 9.17) is 0 Å². The number of aliphatic hydroxyl groups is 1. The first-order valence-electron chi connectivity index (χ1n) is 14.8. The van der Waals surface area contributed by atoms with Gasteiger partial charge in [-0.25, -0.2) is 9.97 Å². The highest BCUT2D eigenvalue weighted by atomic mass is 16.3. The van der Waals surface area contributed by atoms with Crippen molar-refractivity contribution in [3.63, 3.8) is 0 Å². The molecule has 1 atom stereocenters. The minimum Gasteiger partial charge on any atom is -0.393 e. The number of benzene rings is 2. The Labute approximate surface area is 243 Å². The predicted octanol–water partition coefficient (Wildman–Crippen LogP) is 6.96. The molecule has 1 aliphatic carbocycles. The number of tetrazole rings is 1. The lowest BCUT2D eigenvalue weighted by atomic mass is 9.88. The van der Waals surface area contributed by atoms with E-state index in [0.29, 0.717) is 18.2 Å². The Bertz CT molecular complexity index is 1540. The minimum absolute atomic E-state index is 0.325. The van der Waals surface area contributed by atoms with Crippen LogP contribution >= 0.6 is 0 Å². The molecule has 0 saturated carbocycles. The van der Waals surface area contributed by atoms with Crippen LogP contribution in [0.1, 0.15) is 75.2 Å². The molecule has 0 aliphatic heterocycles. The summed E-state index contributed by atoms with van der Waals surface area (Å²) in [5.41, 5.74) is 10.2. The first-order chi connectivity index (χ1) is 19.9. The van der Waals surface area contributed by atoms with Crippen molar-refractivity contribution in [3.05, 3.63) is 76.7 Å². The second-order valence-electron chi connectivity index (χ2n) is 10.9. The molecule has 0 saturated heterocycles. The topological polar surface area (TPSA) is 116 Å². The summed E-state index contributed by atoms with van der Waals surface area (Å²) in [6, 6.07) is 17.1. The number of aromatic amines is 2. The van der Waals surface area contributed by atoms with Gasteiger partial charge in [0, 0.05) is 17.7 Å². The number of pyridine rings is 1. The lowest BCUT2D eigenvalue weighted by Gasteiger charge is -2.17. The minimum atomic E-state index is -0.325. The van der Waals surface area contributed by atoms with Gasteiger partial charge in [0.1, 0.15) is 5.82 Å². The van der Waals surface area contributed by atoms with Crippen LogP contribution in [0.5, 0.6) is 0 Å². The van der Waals surface area contributed by atoms with Crippen LogP contribution < -0.4 is 0 Å². The number of nitrogens with zero attached hydrogens (tertiary/aromatic N) is 5. The molecule has 216 valence electrons. The van der Waals surface area contributed by atoms with Crippen molar-refractivity contribution in [2.75, 3.05) is 0 Å². The van der Waals surface area contributed by atoms with Gasteiger partial charge in [-0.05, 0) is 91.0 Å². The van der Waals surface area contributed by atoms with E-state index >= 15 is 0 Å². The van der Waals surface area contributed by atoms with Crippen LogP contribution in [0.3, 0.4) is 0 Å². The van der Waals surface area contributed by atoms with Gasteiger partial charge in [-0.15, -0.1) is 10.2 Å². The third-order valence-corrected chi connectivity index (χ3v) is 7.19. The molecule has 3 N–H and O–H groups in total. The predicted molar refractivity (Wildman–Crippen MR) is 166 cm³/mol. The Kier molecular flexibility index (Phi) is 10.4. The molecule has 0 fully saturated rings. The Morgan fingerprint density at radius 1 is 0.902 bits per heavy atom. The number of fused-ring (bicyclic) bond motifs is 2. The van der Waals surface area contributed by atoms with Gasteiger partial charge in [-0.1, -0.05) is 70.2 Å². The number of hydrogen-bond acceptors (Lipinski definition) is 6. The van der Waals surface area contributed by atoms with Crippen LogP contribution in [0.15, 0.2) is 48.5 Å². The summed E-state index contributed by atoms with van der Waals surface area (Å²) in [6.07, 6.45) is 6.08. The van der Waals surface area contributed by atoms with E-state index in [-0.39, 0.29) is 6.10 Å². The van der Waals surface area contributed by atoms with E-state index in [9.17, 15) is 5.11 Å². The molecule has 8 heteroatoms. The van der Waals surface area contributed by atoms with Gasteiger partial charge in [0.15, 0.2) is 5.65 Å². The van der Waals surface area contributed by atoms with Crippen molar-refractivity contribution in [1.29, 1.82) is 0 Å². The summed E-state index contributed by atoms with van der Waals surface area (Å²) in [6.45, 7) is 12.2. The molecule has 5 aromatic rings. The van der Waals surface area contributed by atoms with E-state index in [0.717, 1.165) is 45.8 Å². The molecule has 1 aliphatic rings. The standard InChI is InChI=1S/C17H16N4.C14H21N3O.C2H6/c1-2-6-13-11-14(10-9-12(13)5-1)15-7-3-4-8-16(15)17-18-20-21-19-17;1-8(2)5-12(18)7-11-6-9(3)13-14(17-11)16-10(4)15-13;1-2/h3-4,7-11H,1-2,5-6H2,(H,18,19,20,21);6,8,12,18H,5,7H2,1-4H3,(H,15,16,17);1-2H3. The molecule has 0 radical (unpaired) electrons. The molecular formula is C33H43N7O. The fraction of sp³-hybridized carbons (Fsp3) is 0.424. The maximum atomic E-state index is 9.97. The van der Waals surface area contributed by atoms with Gasteiger partial charge >= 0.3 is 0 Å². The largest absolute Gasteiger partial charge is 0.393 e. The van der Waals surface area contributed by atoms with Crippen molar-refractivity contribution >= 4 is 11.2 Å². The van der Waals surface area contributed by atoms with Gasteiger partial charge in [0.05, 0.1) is 11.6 Å². The van der Waals surface area contributed by atoms with Crippen LogP contribution in [0.2, 0.25) is 0 Å². The van der Waals surface area contributed by atoms with Crippen molar-refractivity contribution in [3.8, 4) is 22.5 Å². The quantitative estimate of drug-likeness (QED) is 0.209. The van der Waals surface area contributed by atoms with Crippen LogP contribution in [0, 0.1) is 19.8 Å². The number of nitrogens with one attached hydrogen (secondary N) is 2. The smallest absolute Gasteiger partial charge is 0.205 e. The van der Waals surface area contributed by atoms with E-state index in [1.807, 2.05) is 45.9 Å². The SMILES string of the molecule is CC.Cc1nc2nc(CC(O)CC(C)C)cc(C)c2[nH]1.c1ccc(-c2nn[nH]n2)c(-c2ccc3c(c2)CCCC3)c1. The van der Waals surface area contributed by atoms with Crippen molar-refractivity contribution in [2.45, 2.75) is 86.2 Å². The number of rotatable bonds is 6. The summed E-state index contributed by atoms with van der Waals surface area (Å²) < 4.78 is 0. The molecule has 0 bridgehead atoms. The molecule has 1 unspecified atom stereocenters. The monoisotopic (exact) mass is 553 g/mol. The average molecular weight is 554 g/mol. The summed E-state index contributed by atoms with van der Waals surface area (Å²) >= 11 is 0. The number of aromatic nitrogens is 7. The van der Waals surface area contributed by atoms with Gasteiger partial charge < -0.3 is 10.1 Å². The van der Waals surface area contributed by atoms with Crippen LogP contribution in [-0.4, -0.2) is 46.8 Å². The number of hydrogen-bond donors (Lipinski definition) is 3. The molecule has 0 spiro atoms. The van der Waals surface area contributed by atoms with E-state index in [1.165, 1.54) is 42.4 Å². The van der Waals surface area contributed by atoms with E-state index in [1.54, 1.807) is 0 Å². The highest BCUT2D eigenvalue weighted by molar-refractivity contribution is 5.80. The Balaban J connectivity index is 0.000000181. The number of aryl methyl sites for hydroxylation is 4. The third kappa shape index (κ3) is 7.64. The van der Waals surface area contributed by atoms with Gasteiger partial charge in [-0.2, -0.15) is 5.21 Å². The zero-order valence-electron chi connectivity index (χ0n) is 25.2. The molecular weight excluding hydrogens is 510 g/mol. The van der Waals surface area contributed by atoms with E-state index in [2.05, 4.69) is 79.8 Å². The maximum absolute atomic E-state index is 9.97. The molecule has 8 nitrogen and oxygen atoms in total. The Hall–Kier alpha value is -3.91. The second kappa shape index (κ2) is 14.1. The Morgan fingerprint density at radius 3 is 2.34 bits per heavy atom. The van der Waals surface area contributed by atoms with Gasteiger partial charge in [-0.3, -0.25) is 0 Å². The Morgan fingerprint density at radius 2 is 1.63 bits per heavy atom. The fourth-order valence-electron chi connectivity index (χ4n) is 5.41. The zero-order valence-corrected chi connectivity index (χ0v) is 25.2. The average Bonchev–Trinajstić information content (AvgIpc) is 3.64. The lowest BCUT2D eigenvalue weighted by molar-refractivity contribution is 0.148. The zero-order chi connectivity index (χ0) is 29.4. The molecule has 0 amide bonds. The van der Waals surface area contributed by atoms with Crippen molar-refractivity contribution < 1.29 is 5.11 Å². The molecule has 3 heterocycles. The fourth-order valence-corrected chi connectivity index (χ4v) is 5.41.